The highest BCUT2D eigenvalue weighted by atomic mass is 16.7. The summed E-state index contributed by atoms with van der Waals surface area (Å²) in [5.41, 5.74) is 0. The standard InChI is InChI=1S/C46H84O14/c1-3-5-7-9-11-13-15-17-18-19-21-23-25-27-29-38(48)58-35(32-55-30-28-26-24-22-20-16-14-12-10-8-6-4-2)33-56-45-44(54)42(52)40(50)37(60-45)34-57-46-43(53)41(51)39(49)36(31-47)59-46/h9,11,15,17,35-37,39-47,49-54H,3-8,10,12-14,16,18-34H2,1-2H3/b11-9-,17-15-. The summed E-state index contributed by atoms with van der Waals surface area (Å²) in [5, 5.41) is 71.9. The number of aliphatic hydroxyl groups excluding tert-OH is 7. The summed E-state index contributed by atoms with van der Waals surface area (Å²) in [6, 6.07) is 0. The van der Waals surface area contributed by atoms with Crippen molar-refractivity contribution in [2.75, 3.05) is 33.0 Å². The molecule has 2 rings (SSSR count). The van der Waals surface area contributed by atoms with E-state index >= 15 is 0 Å². The molecule has 0 saturated carbocycles. The Labute approximate surface area is 360 Å². The third-order valence-electron chi connectivity index (χ3n) is 11.2. The van der Waals surface area contributed by atoms with E-state index in [1.54, 1.807) is 0 Å². The highest BCUT2D eigenvalue weighted by Crippen LogP contribution is 2.26. The molecule has 0 amide bonds. The van der Waals surface area contributed by atoms with Crippen LogP contribution in [0.4, 0.5) is 0 Å². The summed E-state index contributed by atoms with van der Waals surface area (Å²) in [5.74, 6) is -0.390. The Bertz CT molecular complexity index is 1090. The van der Waals surface area contributed by atoms with Gasteiger partial charge < -0.3 is 64.2 Å². The van der Waals surface area contributed by atoms with Crippen molar-refractivity contribution in [2.24, 2.45) is 0 Å². The van der Waals surface area contributed by atoms with Gasteiger partial charge in [0.15, 0.2) is 12.6 Å². The van der Waals surface area contributed by atoms with Gasteiger partial charge in [-0.15, -0.1) is 0 Å². The van der Waals surface area contributed by atoms with E-state index in [0.717, 1.165) is 64.2 Å². The maximum atomic E-state index is 12.9. The van der Waals surface area contributed by atoms with E-state index in [9.17, 15) is 40.5 Å². The third-order valence-corrected chi connectivity index (χ3v) is 11.2. The van der Waals surface area contributed by atoms with E-state index in [1.165, 1.54) is 70.6 Å². The predicted molar refractivity (Wildman–Crippen MR) is 229 cm³/mol. The van der Waals surface area contributed by atoms with Crippen LogP contribution in [-0.4, -0.2) is 142 Å². The van der Waals surface area contributed by atoms with Crippen LogP contribution in [-0.2, 0) is 33.2 Å². The van der Waals surface area contributed by atoms with Gasteiger partial charge in [0, 0.05) is 13.0 Å². The second kappa shape index (κ2) is 34.9. The fraction of sp³-hybridized carbons (Fsp3) is 0.891. The quantitative estimate of drug-likeness (QED) is 0.0230. The van der Waals surface area contributed by atoms with E-state index in [0.29, 0.717) is 13.0 Å². The molecule has 60 heavy (non-hydrogen) atoms. The Hall–Kier alpha value is -1.53. The number of carbonyl (C=O) groups excluding carboxylic acids is 1. The summed E-state index contributed by atoms with van der Waals surface area (Å²) in [6.45, 7) is 3.62. The molecule has 0 aromatic rings. The number of aliphatic hydroxyl groups is 7. The predicted octanol–water partition coefficient (Wildman–Crippen LogP) is 5.68. The summed E-state index contributed by atoms with van der Waals surface area (Å²) in [4.78, 5) is 12.9. The smallest absolute Gasteiger partial charge is 0.306 e. The molecule has 2 fully saturated rings. The first-order valence-electron chi connectivity index (χ1n) is 23.4. The van der Waals surface area contributed by atoms with Gasteiger partial charge >= 0.3 is 5.97 Å². The first-order chi connectivity index (χ1) is 29.1. The Morgan fingerprint density at radius 2 is 1.05 bits per heavy atom. The van der Waals surface area contributed by atoms with Crippen LogP contribution in [0.3, 0.4) is 0 Å². The normalized spacial score (nSPS) is 27.9. The van der Waals surface area contributed by atoms with Crippen LogP contribution in [0.5, 0.6) is 0 Å². The van der Waals surface area contributed by atoms with Gasteiger partial charge in [0.1, 0.15) is 54.9 Å². The van der Waals surface area contributed by atoms with Crippen LogP contribution in [0.2, 0.25) is 0 Å². The van der Waals surface area contributed by atoms with E-state index in [4.69, 9.17) is 28.4 Å². The monoisotopic (exact) mass is 861 g/mol. The molecule has 14 nitrogen and oxygen atoms in total. The summed E-state index contributed by atoms with van der Waals surface area (Å²) >= 11 is 0. The zero-order valence-corrected chi connectivity index (χ0v) is 36.9. The number of unbranched alkanes of at least 4 members (excludes halogenated alkanes) is 18. The van der Waals surface area contributed by atoms with Crippen molar-refractivity contribution in [3.63, 3.8) is 0 Å². The number of ether oxygens (including phenoxy) is 6. The fourth-order valence-corrected chi connectivity index (χ4v) is 7.30. The van der Waals surface area contributed by atoms with Crippen LogP contribution in [0, 0.1) is 0 Å². The molecule has 0 aromatic heterocycles. The molecule has 352 valence electrons. The summed E-state index contributed by atoms with van der Waals surface area (Å²) in [7, 11) is 0. The maximum absolute atomic E-state index is 12.9. The lowest BCUT2D eigenvalue weighted by Crippen LogP contribution is -2.61. The number of hydrogen-bond acceptors (Lipinski definition) is 14. The first-order valence-corrected chi connectivity index (χ1v) is 23.4. The second-order valence-corrected chi connectivity index (χ2v) is 16.6. The van der Waals surface area contributed by atoms with Gasteiger partial charge in [-0.05, 0) is 38.5 Å². The number of carbonyl (C=O) groups is 1. The number of allylic oxidation sites excluding steroid dienone is 4. The van der Waals surface area contributed by atoms with Crippen molar-refractivity contribution >= 4 is 5.97 Å². The Morgan fingerprint density at radius 3 is 1.65 bits per heavy atom. The summed E-state index contributed by atoms with van der Waals surface area (Å²) < 4.78 is 34.1. The van der Waals surface area contributed by atoms with Gasteiger partial charge in [-0.1, -0.05) is 141 Å². The molecule has 0 aromatic carbocycles. The summed E-state index contributed by atoms with van der Waals surface area (Å²) in [6.07, 6.45) is 18.1. The first kappa shape index (κ1) is 54.6. The van der Waals surface area contributed by atoms with Crippen molar-refractivity contribution in [3.05, 3.63) is 24.3 Å². The average Bonchev–Trinajstić information content (AvgIpc) is 3.24. The van der Waals surface area contributed by atoms with Crippen molar-refractivity contribution < 1.29 is 69.0 Å². The SMILES string of the molecule is CCCC/C=C\C/C=C\CCCCCCCC(=O)OC(COCCCCCCCCCCCCCC)COC1OC(COC2OC(CO)C(O)C(O)C2O)C(O)C(O)C1O. The fourth-order valence-electron chi connectivity index (χ4n) is 7.30. The van der Waals surface area contributed by atoms with E-state index in [1.807, 2.05) is 0 Å². The molecule has 0 bridgehead atoms. The number of rotatable bonds is 36. The largest absolute Gasteiger partial charge is 0.457 e. The van der Waals surface area contributed by atoms with Crippen molar-refractivity contribution in [3.8, 4) is 0 Å². The molecular weight excluding hydrogens is 776 g/mol. The van der Waals surface area contributed by atoms with Crippen LogP contribution >= 0.6 is 0 Å². The molecule has 2 saturated heterocycles. The molecule has 11 unspecified atom stereocenters. The van der Waals surface area contributed by atoms with Gasteiger partial charge in [-0.2, -0.15) is 0 Å². The Morgan fingerprint density at radius 1 is 0.550 bits per heavy atom. The van der Waals surface area contributed by atoms with Crippen LogP contribution < -0.4 is 0 Å². The maximum Gasteiger partial charge on any atom is 0.306 e. The molecule has 0 spiro atoms. The lowest BCUT2D eigenvalue weighted by atomic mass is 9.98. The number of hydrogen-bond donors (Lipinski definition) is 7. The zero-order chi connectivity index (χ0) is 43.8. The molecule has 7 N–H and O–H groups in total. The van der Waals surface area contributed by atoms with Crippen LogP contribution in [0.25, 0.3) is 0 Å². The molecule has 14 heteroatoms. The molecule has 0 radical (unpaired) electrons. The Kier molecular flexibility index (Phi) is 31.8. The third kappa shape index (κ3) is 23.2. The van der Waals surface area contributed by atoms with Gasteiger partial charge in [-0.3, -0.25) is 4.79 Å². The van der Waals surface area contributed by atoms with Crippen LogP contribution in [0.15, 0.2) is 24.3 Å². The van der Waals surface area contributed by atoms with E-state index < -0.39 is 80.7 Å². The van der Waals surface area contributed by atoms with Crippen molar-refractivity contribution in [2.45, 2.75) is 229 Å². The number of esters is 1. The molecule has 2 aliphatic rings. The van der Waals surface area contributed by atoms with Crippen molar-refractivity contribution in [1.29, 1.82) is 0 Å². The van der Waals surface area contributed by atoms with E-state index in [2.05, 4.69) is 38.2 Å². The highest BCUT2D eigenvalue weighted by Gasteiger charge is 2.47. The van der Waals surface area contributed by atoms with Gasteiger partial charge in [0.2, 0.25) is 0 Å². The topological polar surface area (TPSA) is 214 Å². The van der Waals surface area contributed by atoms with Crippen molar-refractivity contribution in [1.82, 2.24) is 0 Å². The van der Waals surface area contributed by atoms with Crippen LogP contribution in [0.1, 0.15) is 162 Å². The minimum Gasteiger partial charge on any atom is -0.457 e. The van der Waals surface area contributed by atoms with Gasteiger partial charge in [-0.25, -0.2) is 0 Å². The second-order valence-electron chi connectivity index (χ2n) is 16.6. The van der Waals surface area contributed by atoms with E-state index in [-0.39, 0.29) is 25.6 Å². The Balaban J connectivity index is 1.81. The molecular formula is C46H84O14. The van der Waals surface area contributed by atoms with Gasteiger partial charge in [0.05, 0.1) is 26.4 Å². The van der Waals surface area contributed by atoms with Gasteiger partial charge in [0.25, 0.3) is 0 Å². The highest BCUT2D eigenvalue weighted by molar-refractivity contribution is 5.69. The molecule has 2 heterocycles. The zero-order valence-electron chi connectivity index (χ0n) is 36.9. The molecule has 11 atom stereocenters. The lowest BCUT2D eigenvalue weighted by molar-refractivity contribution is -0.332. The lowest BCUT2D eigenvalue weighted by Gasteiger charge is -2.42. The minimum atomic E-state index is -1.70. The molecule has 2 aliphatic heterocycles. The average molecular weight is 861 g/mol. The minimum absolute atomic E-state index is 0.0590. The molecule has 0 aliphatic carbocycles.